The third kappa shape index (κ3) is 7.71. The monoisotopic (exact) mass is 615 g/mol. The maximum Gasteiger partial charge on any atom is 0.342 e. The molecule has 2 N–H and O–H groups in total. The molecule has 238 valence electrons. The Morgan fingerprint density at radius 2 is 1.87 bits per heavy atom. The van der Waals surface area contributed by atoms with E-state index in [-0.39, 0.29) is 23.5 Å². The minimum absolute atomic E-state index is 0.201. The van der Waals surface area contributed by atoms with E-state index >= 15 is 0 Å². The number of carbonyl (C=O) groups excluding carboxylic acids is 2. The van der Waals surface area contributed by atoms with Crippen molar-refractivity contribution in [3.63, 3.8) is 0 Å². The second-order valence-electron chi connectivity index (χ2n) is 10.8. The minimum Gasteiger partial charge on any atom is -0.494 e. The fourth-order valence-electron chi connectivity index (χ4n) is 4.69. The molecular weight excluding hydrogens is 574 g/mol. The van der Waals surface area contributed by atoms with Gasteiger partial charge in [-0.05, 0) is 53.1 Å². The van der Waals surface area contributed by atoms with Crippen LogP contribution < -0.4 is 25.1 Å². The molecule has 0 fully saturated rings. The van der Waals surface area contributed by atoms with Gasteiger partial charge >= 0.3 is 5.97 Å². The molecule has 12 nitrogen and oxygen atoms in total. The smallest absolute Gasteiger partial charge is 0.342 e. The van der Waals surface area contributed by atoms with Gasteiger partial charge < -0.3 is 34.7 Å². The maximum absolute atomic E-state index is 13.2. The average Bonchev–Trinajstić information content (AvgIpc) is 3.38. The highest BCUT2D eigenvalue weighted by Crippen LogP contribution is 2.39. The van der Waals surface area contributed by atoms with Gasteiger partial charge in [-0.1, -0.05) is 24.8 Å². The highest BCUT2D eigenvalue weighted by atomic mass is 16.7. The van der Waals surface area contributed by atoms with E-state index in [0.29, 0.717) is 41.5 Å². The van der Waals surface area contributed by atoms with E-state index in [1.54, 1.807) is 38.0 Å². The number of aromatic nitrogens is 3. The van der Waals surface area contributed by atoms with Crippen molar-refractivity contribution in [2.24, 2.45) is 0 Å². The van der Waals surface area contributed by atoms with Crippen LogP contribution in [0.5, 0.6) is 5.75 Å². The summed E-state index contributed by atoms with van der Waals surface area (Å²) >= 11 is 0. The average molecular weight is 616 g/mol. The van der Waals surface area contributed by atoms with Gasteiger partial charge in [0.05, 0.1) is 47.7 Å². The molecule has 0 spiro atoms. The summed E-state index contributed by atoms with van der Waals surface area (Å²) < 4.78 is 13.0. The number of nitrogens with zero attached hydrogens (tertiary/aromatic N) is 5. The second kappa shape index (κ2) is 14.6. The van der Waals surface area contributed by atoms with E-state index in [4.69, 9.17) is 19.3 Å². The number of para-hydroxylation sites is 1. The molecule has 0 aliphatic rings. The third-order valence-corrected chi connectivity index (χ3v) is 6.85. The van der Waals surface area contributed by atoms with Gasteiger partial charge in [0.1, 0.15) is 17.9 Å². The molecule has 0 saturated heterocycles. The summed E-state index contributed by atoms with van der Waals surface area (Å²) in [7, 11) is 7.50. The van der Waals surface area contributed by atoms with Gasteiger partial charge in [-0.15, -0.1) is 0 Å². The minimum atomic E-state index is -0.545. The number of carbonyl (C=O) groups is 2. The van der Waals surface area contributed by atoms with E-state index in [0.717, 1.165) is 23.1 Å². The van der Waals surface area contributed by atoms with Gasteiger partial charge in [-0.2, -0.15) is 4.73 Å². The number of nitrogens with one attached hydrogen (secondary N) is 2. The predicted molar refractivity (Wildman–Crippen MR) is 178 cm³/mol. The van der Waals surface area contributed by atoms with E-state index in [2.05, 4.69) is 27.1 Å². The van der Waals surface area contributed by atoms with Crippen LogP contribution >= 0.6 is 0 Å². The van der Waals surface area contributed by atoms with Crippen LogP contribution in [0.25, 0.3) is 22.2 Å². The van der Waals surface area contributed by atoms with Crippen LogP contribution in [-0.2, 0) is 9.53 Å². The summed E-state index contributed by atoms with van der Waals surface area (Å²) in [4.78, 5) is 44.8. The fourth-order valence-corrected chi connectivity index (χ4v) is 4.69. The van der Waals surface area contributed by atoms with Crippen molar-refractivity contribution in [3.8, 4) is 17.0 Å². The van der Waals surface area contributed by atoms with Crippen LogP contribution in [0.3, 0.4) is 0 Å². The first-order valence-corrected chi connectivity index (χ1v) is 14.7. The first-order valence-electron chi connectivity index (χ1n) is 14.7. The number of hydrogen-bond donors (Lipinski definition) is 2. The number of benzene rings is 2. The predicted octanol–water partition coefficient (Wildman–Crippen LogP) is 4.99. The molecule has 2 aromatic carbocycles. The Morgan fingerprint density at radius 1 is 1.11 bits per heavy atom. The molecule has 0 aliphatic heterocycles. The van der Waals surface area contributed by atoms with Crippen molar-refractivity contribution in [1.29, 1.82) is 0 Å². The zero-order valence-corrected chi connectivity index (χ0v) is 26.9. The van der Waals surface area contributed by atoms with Crippen molar-refractivity contribution in [1.82, 2.24) is 19.6 Å². The molecule has 0 aliphatic carbocycles. The molecule has 1 amide bonds. The summed E-state index contributed by atoms with van der Waals surface area (Å²) in [5, 5.41) is 6.96. The lowest BCUT2D eigenvalue weighted by Crippen LogP contribution is -2.29. The lowest BCUT2D eigenvalue weighted by molar-refractivity contribution is -0.111. The molecule has 0 bridgehead atoms. The standard InChI is InChI=1S/C33H41N7O5/c1-9-30(41)35-25-17-26(29(43-8)18-28(25)39(7)16-15-38(5)6)36-33-34-19-23(32(42)45-21(3)4)31(37-33)24-20-40(44-10-2)27-14-12-11-13-22(24)27/h9,11-14,17-21H,1,10,15-16H2,2-8H3,(H,35,41)(H,34,36,37). The van der Waals surface area contributed by atoms with Crippen molar-refractivity contribution in [3.05, 3.63) is 67.0 Å². The number of rotatable bonds is 14. The Bertz CT molecular complexity index is 1680. The van der Waals surface area contributed by atoms with Gasteiger partial charge in [0.25, 0.3) is 0 Å². The van der Waals surface area contributed by atoms with Gasteiger partial charge in [-0.3, -0.25) is 4.79 Å². The number of ether oxygens (including phenoxy) is 2. The van der Waals surface area contributed by atoms with Crippen molar-refractivity contribution >= 4 is 45.8 Å². The lowest BCUT2D eigenvalue weighted by Gasteiger charge is -2.26. The molecule has 4 aromatic rings. The van der Waals surface area contributed by atoms with Crippen molar-refractivity contribution in [2.75, 3.05) is 63.5 Å². The molecule has 4 rings (SSSR count). The van der Waals surface area contributed by atoms with Crippen molar-refractivity contribution in [2.45, 2.75) is 26.9 Å². The number of methoxy groups -OCH3 is 1. The van der Waals surface area contributed by atoms with Gasteiger partial charge in [0.15, 0.2) is 0 Å². The van der Waals surface area contributed by atoms with Crippen LogP contribution in [0.15, 0.2) is 61.4 Å². The largest absolute Gasteiger partial charge is 0.494 e. The van der Waals surface area contributed by atoms with Crippen LogP contribution in [0.2, 0.25) is 0 Å². The molecular formula is C33H41N7O5. The summed E-state index contributed by atoms with van der Waals surface area (Å²) in [6.45, 7) is 11.0. The highest BCUT2D eigenvalue weighted by Gasteiger charge is 2.23. The molecule has 12 heteroatoms. The Labute approximate surface area is 263 Å². The summed E-state index contributed by atoms with van der Waals surface area (Å²) in [6, 6.07) is 11.3. The molecule has 45 heavy (non-hydrogen) atoms. The third-order valence-electron chi connectivity index (χ3n) is 6.85. The number of hydrogen-bond acceptors (Lipinski definition) is 10. The summed E-state index contributed by atoms with van der Waals surface area (Å²) in [5.41, 5.74) is 3.87. The molecule has 2 heterocycles. The zero-order valence-electron chi connectivity index (χ0n) is 26.9. The zero-order chi connectivity index (χ0) is 32.7. The Kier molecular flexibility index (Phi) is 10.6. The van der Waals surface area contributed by atoms with E-state index < -0.39 is 5.97 Å². The quantitative estimate of drug-likeness (QED) is 0.148. The summed E-state index contributed by atoms with van der Waals surface area (Å²) in [6.07, 6.45) is 4.12. The lowest BCUT2D eigenvalue weighted by atomic mass is 10.1. The van der Waals surface area contributed by atoms with E-state index in [9.17, 15) is 9.59 Å². The molecule has 0 radical (unpaired) electrons. The fraction of sp³-hybridized carbons (Fsp3) is 0.333. The number of esters is 1. The van der Waals surface area contributed by atoms with E-state index in [1.165, 1.54) is 12.3 Å². The maximum atomic E-state index is 13.2. The highest BCUT2D eigenvalue weighted by molar-refractivity contribution is 6.03. The number of likely N-dealkylation sites (N-methyl/N-ethyl adjacent to an activating group) is 2. The SMILES string of the molecule is C=CC(=O)Nc1cc(Nc2ncc(C(=O)OC(C)C)c(-c3cn(OCC)c4ccccc34)n2)c(OC)cc1N(C)CCN(C)C. The molecule has 0 saturated carbocycles. The Hall–Kier alpha value is -5.10. The van der Waals surface area contributed by atoms with Crippen molar-refractivity contribution < 1.29 is 23.9 Å². The first-order chi connectivity index (χ1) is 21.6. The number of fused-ring (bicyclic) bond motifs is 1. The van der Waals surface area contributed by atoms with Gasteiger partial charge in [-0.25, -0.2) is 14.8 Å². The molecule has 2 aromatic heterocycles. The molecule has 0 atom stereocenters. The van der Waals surface area contributed by atoms with Gasteiger partial charge in [0.2, 0.25) is 11.9 Å². The topological polar surface area (TPSA) is 123 Å². The molecule has 0 unspecified atom stereocenters. The van der Waals surface area contributed by atoms with Gasteiger partial charge in [0, 0.05) is 43.4 Å². The number of anilines is 4. The van der Waals surface area contributed by atoms with Crippen LogP contribution in [0.4, 0.5) is 23.0 Å². The normalized spacial score (nSPS) is 11.0. The Morgan fingerprint density at radius 3 is 2.53 bits per heavy atom. The second-order valence-corrected chi connectivity index (χ2v) is 10.8. The van der Waals surface area contributed by atoms with E-state index in [1.807, 2.05) is 63.3 Å². The van der Waals surface area contributed by atoms with Crippen LogP contribution in [0, 0.1) is 0 Å². The van der Waals surface area contributed by atoms with Crippen LogP contribution in [-0.4, -0.2) is 85.5 Å². The van der Waals surface area contributed by atoms with Crippen LogP contribution in [0.1, 0.15) is 31.1 Å². The summed E-state index contributed by atoms with van der Waals surface area (Å²) in [5.74, 6) is -0.199. The number of amides is 1. The Balaban J connectivity index is 1.84. The first kappa shape index (κ1) is 32.8.